The fourth-order valence-corrected chi connectivity index (χ4v) is 1.12. The first-order valence-electron chi connectivity index (χ1n) is 4.20. The lowest BCUT2D eigenvalue weighted by Crippen LogP contribution is -2.25. The first kappa shape index (κ1) is 8.34. The Morgan fingerprint density at radius 3 is 2.09 bits per heavy atom. The molecule has 1 aromatic rings. The number of aromatic nitrogens is 1. The molecule has 0 saturated heterocycles. The van der Waals surface area contributed by atoms with Crippen molar-refractivity contribution in [3.05, 3.63) is 24.5 Å². The Hall–Kier alpha value is -0.760. The van der Waals surface area contributed by atoms with Gasteiger partial charge < -0.3 is 4.57 Å². The van der Waals surface area contributed by atoms with Gasteiger partial charge in [-0.2, -0.15) is 0 Å². The second-order valence-corrected chi connectivity index (χ2v) is 2.64. The summed E-state index contributed by atoms with van der Waals surface area (Å²) in [5.41, 5.74) is 0. The molecule has 2 heteroatoms. The second-order valence-electron chi connectivity index (χ2n) is 2.64. The lowest BCUT2D eigenvalue weighted by molar-refractivity contribution is 0.242. The molecule has 0 spiro atoms. The van der Waals surface area contributed by atoms with Crippen LogP contribution < -0.4 is 0 Å². The Labute approximate surface area is 68.4 Å². The zero-order valence-electron chi connectivity index (χ0n) is 7.33. The van der Waals surface area contributed by atoms with Crippen molar-refractivity contribution in [1.82, 2.24) is 9.47 Å². The third-order valence-corrected chi connectivity index (χ3v) is 1.92. The fourth-order valence-electron chi connectivity index (χ4n) is 1.12. The summed E-state index contributed by atoms with van der Waals surface area (Å²) in [5.74, 6) is 0. The van der Waals surface area contributed by atoms with Crippen LogP contribution >= 0.6 is 0 Å². The topological polar surface area (TPSA) is 8.17 Å². The van der Waals surface area contributed by atoms with Crippen molar-refractivity contribution >= 4 is 0 Å². The molecule has 11 heavy (non-hydrogen) atoms. The Balaban J connectivity index is 2.41. The minimum Gasteiger partial charge on any atom is -0.341 e. The summed E-state index contributed by atoms with van der Waals surface area (Å²) >= 11 is 0. The molecule has 0 amide bonds. The van der Waals surface area contributed by atoms with Gasteiger partial charge in [-0.05, 0) is 25.2 Å². The highest BCUT2D eigenvalue weighted by atomic mass is 15.2. The predicted molar refractivity (Wildman–Crippen MR) is 47.4 cm³/mol. The van der Waals surface area contributed by atoms with E-state index in [0.29, 0.717) is 0 Å². The van der Waals surface area contributed by atoms with E-state index >= 15 is 0 Å². The van der Waals surface area contributed by atoms with E-state index < -0.39 is 0 Å². The SMILES string of the molecule is CCN(CC)Cn1cccc1. The normalized spacial score (nSPS) is 10.8. The Morgan fingerprint density at radius 2 is 1.64 bits per heavy atom. The third-order valence-electron chi connectivity index (χ3n) is 1.92. The van der Waals surface area contributed by atoms with E-state index in [1.54, 1.807) is 0 Å². The number of hydrogen-bond acceptors (Lipinski definition) is 1. The largest absolute Gasteiger partial charge is 0.341 e. The van der Waals surface area contributed by atoms with Crippen LogP contribution in [-0.2, 0) is 6.67 Å². The smallest absolute Gasteiger partial charge is 0.0744 e. The van der Waals surface area contributed by atoms with Gasteiger partial charge in [-0.25, -0.2) is 0 Å². The minimum absolute atomic E-state index is 1.01. The zero-order valence-corrected chi connectivity index (χ0v) is 7.33. The molecule has 0 aliphatic carbocycles. The third kappa shape index (κ3) is 2.39. The van der Waals surface area contributed by atoms with Crippen LogP contribution in [0.15, 0.2) is 24.5 Å². The van der Waals surface area contributed by atoms with Gasteiger partial charge in [-0.1, -0.05) is 13.8 Å². The monoisotopic (exact) mass is 152 g/mol. The van der Waals surface area contributed by atoms with Crippen LogP contribution in [0, 0.1) is 0 Å². The van der Waals surface area contributed by atoms with E-state index in [4.69, 9.17) is 0 Å². The Kier molecular flexibility index (Phi) is 3.17. The van der Waals surface area contributed by atoms with Gasteiger partial charge in [0.2, 0.25) is 0 Å². The number of rotatable bonds is 4. The highest BCUT2D eigenvalue weighted by Gasteiger charge is 1.96. The van der Waals surface area contributed by atoms with Crippen LogP contribution in [0.4, 0.5) is 0 Å². The highest BCUT2D eigenvalue weighted by Crippen LogP contribution is 1.94. The summed E-state index contributed by atoms with van der Waals surface area (Å²) in [5, 5.41) is 0. The van der Waals surface area contributed by atoms with Crippen molar-refractivity contribution in [2.24, 2.45) is 0 Å². The lowest BCUT2D eigenvalue weighted by atomic mass is 10.5. The minimum atomic E-state index is 1.01. The molecule has 0 aromatic carbocycles. The lowest BCUT2D eigenvalue weighted by Gasteiger charge is -2.18. The van der Waals surface area contributed by atoms with Crippen molar-refractivity contribution in [1.29, 1.82) is 0 Å². The second kappa shape index (κ2) is 4.19. The van der Waals surface area contributed by atoms with Crippen molar-refractivity contribution in [3.63, 3.8) is 0 Å². The van der Waals surface area contributed by atoms with Crippen LogP contribution in [0.2, 0.25) is 0 Å². The predicted octanol–water partition coefficient (Wildman–Crippen LogP) is 1.79. The van der Waals surface area contributed by atoms with Gasteiger partial charge in [0.05, 0.1) is 6.67 Å². The maximum absolute atomic E-state index is 2.38. The van der Waals surface area contributed by atoms with Gasteiger partial charge in [0.25, 0.3) is 0 Å². The van der Waals surface area contributed by atoms with E-state index in [-0.39, 0.29) is 0 Å². The average Bonchev–Trinajstić information content (AvgIpc) is 2.52. The molecule has 1 aromatic heterocycles. The molecule has 0 bridgehead atoms. The quantitative estimate of drug-likeness (QED) is 0.638. The summed E-state index contributed by atoms with van der Waals surface area (Å²) in [6.45, 7) is 7.63. The van der Waals surface area contributed by atoms with Gasteiger partial charge in [0, 0.05) is 12.4 Å². The molecular formula is C9H16N2. The van der Waals surface area contributed by atoms with Gasteiger partial charge in [0.1, 0.15) is 0 Å². The summed E-state index contributed by atoms with van der Waals surface area (Å²) in [6, 6.07) is 4.12. The number of hydrogen-bond donors (Lipinski definition) is 0. The molecule has 0 atom stereocenters. The van der Waals surface area contributed by atoms with Crippen LogP contribution in [0.25, 0.3) is 0 Å². The summed E-state index contributed by atoms with van der Waals surface area (Å²) in [6.07, 6.45) is 4.19. The van der Waals surface area contributed by atoms with E-state index in [1.807, 2.05) is 0 Å². The highest BCUT2D eigenvalue weighted by molar-refractivity contribution is 4.89. The van der Waals surface area contributed by atoms with Gasteiger partial charge in [-0.3, -0.25) is 4.90 Å². The molecule has 0 N–H and O–H groups in total. The molecule has 1 rings (SSSR count). The maximum atomic E-state index is 2.38. The molecule has 2 nitrogen and oxygen atoms in total. The molecule has 62 valence electrons. The van der Waals surface area contributed by atoms with E-state index in [1.165, 1.54) is 0 Å². The van der Waals surface area contributed by atoms with Gasteiger partial charge in [-0.15, -0.1) is 0 Å². The molecule has 0 radical (unpaired) electrons. The van der Waals surface area contributed by atoms with Gasteiger partial charge >= 0.3 is 0 Å². The molecule has 0 saturated carbocycles. The molecular weight excluding hydrogens is 136 g/mol. The van der Waals surface area contributed by atoms with E-state index in [0.717, 1.165) is 19.8 Å². The summed E-state index contributed by atoms with van der Waals surface area (Å²) < 4.78 is 2.19. The van der Waals surface area contributed by atoms with E-state index in [2.05, 4.69) is 47.8 Å². The van der Waals surface area contributed by atoms with Gasteiger partial charge in [0.15, 0.2) is 0 Å². The molecule has 0 aliphatic heterocycles. The van der Waals surface area contributed by atoms with E-state index in [9.17, 15) is 0 Å². The summed E-state index contributed by atoms with van der Waals surface area (Å²) in [4.78, 5) is 2.38. The van der Waals surface area contributed by atoms with Crippen molar-refractivity contribution in [2.45, 2.75) is 20.5 Å². The standard InChI is InChI=1S/C9H16N2/c1-3-10(4-2)9-11-7-5-6-8-11/h5-8H,3-4,9H2,1-2H3. The average molecular weight is 152 g/mol. The first-order valence-corrected chi connectivity index (χ1v) is 4.20. The van der Waals surface area contributed by atoms with Crippen molar-refractivity contribution in [3.8, 4) is 0 Å². The Bertz CT molecular complexity index is 175. The zero-order chi connectivity index (χ0) is 8.10. The number of nitrogens with zero attached hydrogens (tertiary/aromatic N) is 2. The summed E-state index contributed by atoms with van der Waals surface area (Å²) in [7, 11) is 0. The molecule has 1 heterocycles. The van der Waals surface area contributed by atoms with Crippen LogP contribution in [-0.4, -0.2) is 22.6 Å². The molecule has 0 fully saturated rings. The molecule has 0 aliphatic rings. The van der Waals surface area contributed by atoms with Crippen LogP contribution in [0.5, 0.6) is 0 Å². The maximum Gasteiger partial charge on any atom is 0.0744 e. The Morgan fingerprint density at radius 1 is 1.09 bits per heavy atom. The van der Waals surface area contributed by atoms with Crippen molar-refractivity contribution < 1.29 is 0 Å². The molecule has 0 unspecified atom stereocenters. The fraction of sp³-hybridized carbons (Fsp3) is 0.556. The first-order chi connectivity index (χ1) is 5.36. The van der Waals surface area contributed by atoms with Crippen molar-refractivity contribution in [2.75, 3.05) is 13.1 Å². The van der Waals surface area contributed by atoms with Crippen LogP contribution in [0.3, 0.4) is 0 Å². The van der Waals surface area contributed by atoms with Crippen LogP contribution in [0.1, 0.15) is 13.8 Å².